The van der Waals surface area contributed by atoms with Gasteiger partial charge in [0.1, 0.15) is 5.65 Å². The van der Waals surface area contributed by atoms with Crippen LogP contribution in [-0.2, 0) is 18.8 Å². The first-order chi connectivity index (χ1) is 13.9. The van der Waals surface area contributed by atoms with Gasteiger partial charge in [-0.2, -0.15) is 0 Å². The first-order valence-corrected chi connectivity index (χ1v) is 9.40. The summed E-state index contributed by atoms with van der Waals surface area (Å²) in [5.41, 5.74) is 0.685. The van der Waals surface area contributed by atoms with Crippen LogP contribution in [0, 0.1) is 0 Å². The number of nitrogens with zero attached hydrogens (tertiary/aromatic N) is 3. The molecule has 0 bridgehead atoms. The summed E-state index contributed by atoms with van der Waals surface area (Å²) in [4.78, 5) is 40.8. The highest BCUT2D eigenvalue weighted by molar-refractivity contribution is 5.96. The molecule has 0 saturated carbocycles. The number of carbonyl (C=O) groups is 1. The predicted molar refractivity (Wildman–Crippen MR) is 110 cm³/mol. The Morgan fingerprint density at radius 3 is 2.62 bits per heavy atom. The number of amides is 1. The van der Waals surface area contributed by atoms with Gasteiger partial charge in [-0.05, 0) is 25.0 Å². The van der Waals surface area contributed by atoms with Crippen LogP contribution in [0.1, 0.15) is 35.4 Å². The lowest BCUT2D eigenvalue weighted by Gasteiger charge is -2.13. The van der Waals surface area contributed by atoms with Crippen LogP contribution in [0.4, 0.5) is 0 Å². The smallest absolute Gasteiger partial charge is 0.332 e. The van der Waals surface area contributed by atoms with Crippen molar-refractivity contribution in [3.63, 3.8) is 0 Å². The Morgan fingerprint density at radius 1 is 1.17 bits per heavy atom. The summed E-state index contributed by atoms with van der Waals surface area (Å²) in [5.74, 6) is -0.327. The van der Waals surface area contributed by atoms with Crippen LogP contribution in [0.3, 0.4) is 0 Å². The summed E-state index contributed by atoms with van der Waals surface area (Å²) in [5, 5.41) is 3.03. The van der Waals surface area contributed by atoms with E-state index in [1.165, 1.54) is 30.9 Å². The van der Waals surface area contributed by atoms with Crippen molar-refractivity contribution in [2.24, 2.45) is 14.1 Å². The fourth-order valence-corrected chi connectivity index (χ4v) is 3.05. The van der Waals surface area contributed by atoms with Crippen molar-refractivity contribution in [2.45, 2.75) is 19.4 Å². The van der Waals surface area contributed by atoms with E-state index in [0.29, 0.717) is 19.6 Å². The van der Waals surface area contributed by atoms with E-state index in [2.05, 4.69) is 10.3 Å². The fourth-order valence-electron chi connectivity index (χ4n) is 3.05. The molecule has 29 heavy (non-hydrogen) atoms. The number of carbonyl (C=O) groups excluding carboxylic acids is 1. The molecule has 8 nitrogen and oxygen atoms in total. The van der Waals surface area contributed by atoms with Gasteiger partial charge in [-0.25, -0.2) is 9.78 Å². The Bertz CT molecular complexity index is 1140. The van der Waals surface area contributed by atoms with Crippen molar-refractivity contribution in [2.75, 3.05) is 13.2 Å². The molecular formula is C21H24N4O4. The third-order valence-electron chi connectivity index (χ3n) is 4.80. The highest BCUT2D eigenvalue weighted by Crippen LogP contribution is 2.15. The minimum atomic E-state index is -0.478. The molecule has 1 atom stereocenters. The lowest BCUT2D eigenvalue weighted by Crippen LogP contribution is -2.37. The van der Waals surface area contributed by atoms with E-state index in [1.807, 2.05) is 37.3 Å². The second-order valence-electron chi connectivity index (χ2n) is 6.83. The molecule has 1 amide bonds. The third kappa shape index (κ3) is 4.43. The lowest BCUT2D eigenvalue weighted by atomic mass is 10.1. The number of hydrogen-bond acceptors (Lipinski definition) is 5. The van der Waals surface area contributed by atoms with E-state index in [9.17, 15) is 14.4 Å². The van der Waals surface area contributed by atoms with Crippen LogP contribution in [0.5, 0.6) is 0 Å². The molecule has 2 aromatic heterocycles. The standard InChI is InChI=1S/C21H24N4O4/c1-14(15-8-5-4-6-9-15)29-11-7-10-22-19(26)16-12-17-18(23-13-16)24(2)21(28)25(3)20(17)27/h4-6,8-9,12-14H,7,10-11H2,1-3H3,(H,22,26). The van der Waals surface area contributed by atoms with Gasteiger partial charge in [0.2, 0.25) is 0 Å². The van der Waals surface area contributed by atoms with Crippen LogP contribution in [0.25, 0.3) is 11.0 Å². The highest BCUT2D eigenvalue weighted by Gasteiger charge is 2.13. The Kier molecular flexibility index (Phi) is 6.23. The number of fused-ring (bicyclic) bond motifs is 1. The first kappa shape index (κ1) is 20.5. The van der Waals surface area contributed by atoms with Crippen LogP contribution in [0.15, 0.2) is 52.2 Å². The first-order valence-electron chi connectivity index (χ1n) is 9.40. The van der Waals surface area contributed by atoms with Gasteiger partial charge in [0.15, 0.2) is 0 Å². The summed E-state index contributed by atoms with van der Waals surface area (Å²) in [7, 11) is 2.93. The Balaban J connectivity index is 1.58. The van der Waals surface area contributed by atoms with E-state index >= 15 is 0 Å². The van der Waals surface area contributed by atoms with Gasteiger partial charge in [-0.3, -0.25) is 18.7 Å². The number of rotatable bonds is 7. The maximum absolute atomic E-state index is 12.4. The quantitative estimate of drug-likeness (QED) is 0.611. The average molecular weight is 396 g/mol. The molecule has 0 aliphatic rings. The Morgan fingerprint density at radius 2 is 1.90 bits per heavy atom. The molecule has 8 heteroatoms. The zero-order valence-corrected chi connectivity index (χ0v) is 16.7. The molecular weight excluding hydrogens is 372 g/mol. The normalized spacial score (nSPS) is 12.1. The number of hydrogen-bond donors (Lipinski definition) is 1. The summed E-state index contributed by atoms with van der Waals surface area (Å²) in [6.07, 6.45) is 2.00. The third-order valence-corrected chi connectivity index (χ3v) is 4.80. The highest BCUT2D eigenvalue weighted by atomic mass is 16.5. The van der Waals surface area contributed by atoms with Gasteiger partial charge in [0.25, 0.3) is 11.5 Å². The second kappa shape index (κ2) is 8.83. The van der Waals surface area contributed by atoms with Crippen LogP contribution < -0.4 is 16.6 Å². The molecule has 152 valence electrons. The maximum Gasteiger partial charge on any atom is 0.332 e. The number of pyridine rings is 1. The van der Waals surface area contributed by atoms with Gasteiger partial charge >= 0.3 is 5.69 Å². The second-order valence-corrected chi connectivity index (χ2v) is 6.83. The van der Waals surface area contributed by atoms with Crippen molar-refractivity contribution in [1.29, 1.82) is 0 Å². The topological polar surface area (TPSA) is 95.2 Å². The number of aryl methyl sites for hydroxylation is 1. The maximum atomic E-state index is 12.4. The molecule has 1 aromatic carbocycles. The molecule has 0 saturated heterocycles. The molecule has 3 rings (SSSR count). The Labute approximate surface area is 167 Å². The molecule has 0 aliphatic carbocycles. The van der Waals surface area contributed by atoms with Gasteiger partial charge in [0, 0.05) is 33.4 Å². The minimum Gasteiger partial charge on any atom is -0.374 e. The SMILES string of the molecule is CC(OCCCNC(=O)c1cnc2c(c1)c(=O)n(C)c(=O)n2C)c1ccccc1. The zero-order valence-electron chi connectivity index (χ0n) is 16.7. The molecule has 1 N–H and O–H groups in total. The number of aromatic nitrogens is 3. The Hall–Kier alpha value is -3.26. The molecule has 3 aromatic rings. The van der Waals surface area contributed by atoms with Crippen LogP contribution in [-0.4, -0.2) is 33.2 Å². The molecule has 1 unspecified atom stereocenters. The summed E-state index contributed by atoms with van der Waals surface area (Å²) in [6, 6.07) is 11.4. The zero-order chi connectivity index (χ0) is 21.0. The summed E-state index contributed by atoms with van der Waals surface area (Å²) < 4.78 is 8.06. The van der Waals surface area contributed by atoms with Gasteiger partial charge in [-0.1, -0.05) is 30.3 Å². The molecule has 0 fully saturated rings. The summed E-state index contributed by atoms with van der Waals surface area (Å²) >= 11 is 0. The van der Waals surface area contributed by atoms with Gasteiger partial charge in [0.05, 0.1) is 17.1 Å². The van der Waals surface area contributed by atoms with Gasteiger partial charge < -0.3 is 10.1 Å². The van der Waals surface area contributed by atoms with Crippen LogP contribution in [0.2, 0.25) is 0 Å². The predicted octanol–water partition coefficient (Wildman–Crippen LogP) is 1.53. The van der Waals surface area contributed by atoms with E-state index in [1.54, 1.807) is 0 Å². The monoisotopic (exact) mass is 396 g/mol. The van der Waals surface area contributed by atoms with Gasteiger partial charge in [-0.15, -0.1) is 0 Å². The number of ether oxygens (including phenoxy) is 1. The van der Waals surface area contributed by atoms with Crippen LogP contribution >= 0.6 is 0 Å². The molecule has 2 heterocycles. The van der Waals surface area contributed by atoms with E-state index in [0.717, 1.165) is 10.1 Å². The van der Waals surface area contributed by atoms with Crippen molar-refractivity contribution in [1.82, 2.24) is 19.4 Å². The van der Waals surface area contributed by atoms with Crippen molar-refractivity contribution in [3.05, 3.63) is 74.6 Å². The van der Waals surface area contributed by atoms with E-state index in [-0.39, 0.29) is 28.6 Å². The van der Waals surface area contributed by atoms with E-state index < -0.39 is 11.2 Å². The minimum absolute atomic E-state index is 0.0144. The summed E-state index contributed by atoms with van der Waals surface area (Å²) in [6.45, 7) is 2.93. The number of nitrogens with one attached hydrogen (secondary N) is 1. The molecule has 0 spiro atoms. The fraction of sp³-hybridized carbons (Fsp3) is 0.333. The largest absolute Gasteiger partial charge is 0.374 e. The van der Waals surface area contributed by atoms with Crippen molar-refractivity contribution in [3.8, 4) is 0 Å². The average Bonchev–Trinajstić information content (AvgIpc) is 2.75. The lowest BCUT2D eigenvalue weighted by molar-refractivity contribution is 0.0635. The van der Waals surface area contributed by atoms with Crippen molar-refractivity contribution < 1.29 is 9.53 Å². The van der Waals surface area contributed by atoms with E-state index in [4.69, 9.17) is 4.74 Å². The molecule has 0 aliphatic heterocycles. The molecule has 0 radical (unpaired) electrons. The van der Waals surface area contributed by atoms with Crippen molar-refractivity contribution >= 4 is 16.9 Å². The number of benzene rings is 1.